The average molecular weight is 422 g/mol. The normalized spacial score (nSPS) is 12.2. The Hall–Kier alpha value is -3.01. The van der Waals surface area contributed by atoms with E-state index in [2.05, 4.69) is 21.7 Å². The number of nitrogens with zero attached hydrogens (tertiary/aromatic N) is 4. The van der Waals surface area contributed by atoms with Crippen LogP contribution in [0.1, 0.15) is 11.4 Å². The number of aliphatic imine (C=N–C) groups is 1. The van der Waals surface area contributed by atoms with E-state index in [9.17, 15) is 13.2 Å². The first-order chi connectivity index (χ1) is 13.9. The number of hydrogen-bond donors (Lipinski definition) is 0. The summed E-state index contributed by atoms with van der Waals surface area (Å²) < 4.78 is 51.1. The van der Waals surface area contributed by atoms with Crippen molar-refractivity contribution in [3.63, 3.8) is 0 Å². The highest BCUT2D eigenvalue weighted by molar-refractivity contribution is 8.02. The molecule has 1 aromatic carbocycles. The molecule has 0 atom stereocenters. The summed E-state index contributed by atoms with van der Waals surface area (Å²) in [7, 11) is 1.57. The zero-order valence-corrected chi connectivity index (χ0v) is 16.2. The minimum absolute atomic E-state index is 0.161. The third-order valence-electron chi connectivity index (χ3n) is 3.80. The predicted molar refractivity (Wildman–Crippen MR) is 106 cm³/mol. The minimum atomic E-state index is -4.41. The summed E-state index contributed by atoms with van der Waals surface area (Å²) in [5.41, 5.74) is 0.303. The van der Waals surface area contributed by atoms with Gasteiger partial charge in [0.15, 0.2) is 0 Å². The third kappa shape index (κ3) is 5.29. The molecule has 10 heteroatoms. The van der Waals surface area contributed by atoms with Crippen LogP contribution >= 0.6 is 11.8 Å². The highest BCUT2D eigenvalue weighted by Crippen LogP contribution is 2.29. The summed E-state index contributed by atoms with van der Waals surface area (Å²) >= 11 is 1.23. The highest BCUT2D eigenvalue weighted by Gasteiger charge is 2.32. The van der Waals surface area contributed by atoms with Crippen molar-refractivity contribution in [2.75, 3.05) is 13.0 Å². The summed E-state index contributed by atoms with van der Waals surface area (Å²) in [5.74, 6) is 1.74. The second-order valence-corrected chi connectivity index (χ2v) is 6.56. The van der Waals surface area contributed by atoms with Crippen LogP contribution < -0.4 is 9.47 Å². The topological polar surface area (TPSA) is 61.0 Å². The van der Waals surface area contributed by atoms with E-state index < -0.39 is 12.6 Å². The summed E-state index contributed by atoms with van der Waals surface area (Å²) in [6, 6.07) is 8.65. The van der Waals surface area contributed by atoms with E-state index in [-0.39, 0.29) is 28.8 Å². The Morgan fingerprint density at radius 1 is 1.28 bits per heavy atom. The van der Waals surface area contributed by atoms with Gasteiger partial charge in [0.2, 0.25) is 5.78 Å². The van der Waals surface area contributed by atoms with E-state index in [1.807, 2.05) is 0 Å². The van der Waals surface area contributed by atoms with Crippen LogP contribution in [0.3, 0.4) is 0 Å². The summed E-state index contributed by atoms with van der Waals surface area (Å²) in [6.45, 7) is 3.49. The second-order valence-electron chi connectivity index (χ2n) is 5.75. The lowest BCUT2D eigenvalue weighted by Crippen LogP contribution is -2.13. The van der Waals surface area contributed by atoms with Gasteiger partial charge in [0, 0.05) is 17.8 Å². The number of ether oxygens (including phenoxy) is 2. The minimum Gasteiger partial charge on any atom is -0.497 e. The van der Waals surface area contributed by atoms with Gasteiger partial charge in [-0.05, 0) is 37.0 Å². The van der Waals surface area contributed by atoms with E-state index in [1.165, 1.54) is 22.4 Å². The Morgan fingerprint density at radius 2 is 2.00 bits per heavy atom. The molecular formula is C19H17F3N4O2S. The molecule has 0 aliphatic heterocycles. The Kier molecular flexibility index (Phi) is 6.42. The smallest absolute Gasteiger partial charge is 0.394 e. The van der Waals surface area contributed by atoms with Gasteiger partial charge in [0.05, 0.1) is 30.6 Å². The van der Waals surface area contributed by atoms with Crippen LogP contribution in [0.25, 0.3) is 11.5 Å². The number of thioether (sulfide) groups is 1. The van der Waals surface area contributed by atoms with Crippen molar-refractivity contribution in [1.29, 1.82) is 0 Å². The molecule has 0 saturated carbocycles. The maximum absolute atomic E-state index is 13.0. The van der Waals surface area contributed by atoms with Crippen molar-refractivity contribution in [2.45, 2.75) is 12.6 Å². The number of halogens is 3. The fraction of sp³-hybridized carbons (Fsp3) is 0.211. The quantitative estimate of drug-likeness (QED) is 0.301. The summed E-state index contributed by atoms with van der Waals surface area (Å²) in [4.78, 5) is 11.9. The molecule has 3 rings (SSSR count). The maximum atomic E-state index is 13.0. The largest absolute Gasteiger partial charge is 0.497 e. The fourth-order valence-corrected chi connectivity index (χ4v) is 3.19. The second kappa shape index (κ2) is 8.99. The van der Waals surface area contributed by atoms with Gasteiger partial charge in [0.1, 0.15) is 17.4 Å². The van der Waals surface area contributed by atoms with Crippen molar-refractivity contribution >= 4 is 30.0 Å². The lowest BCUT2D eigenvalue weighted by Gasteiger charge is -2.08. The number of aromatic nitrogens is 3. The number of alkyl halides is 3. The van der Waals surface area contributed by atoms with Crippen LogP contribution in [0.5, 0.6) is 11.5 Å². The molecule has 0 N–H and O–H groups in total. The Morgan fingerprint density at radius 3 is 2.66 bits per heavy atom. The summed E-state index contributed by atoms with van der Waals surface area (Å²) in [5, 5.41) is 1.59. The molecule has 0 spiro atoms. The SMILES string of the molecule is C=N/C(=C\SCOc1ccc(OC)cc1)c1c(CC(F)(F)F)nc2ncccn12. The average Bonchev–Trinajstić information content (AvgIpc) is 3.04. The molecule has 0 aliphatic carbocycles. The molecule has 0 saturated heterocycles. The van der Waals surface area contributed by atoms with Crippen LogP contribution in [-0.2, 0) is 6.42 Å². The zero-order valence-electron chi connectivity index (χ0n) is 15.4. The van der Waals surface area contributed by atoms with Crippen LogP contribution in [0.15, 0.2) is 53.1 Å². The molecule has 0 bridgehead atoms. The molecule has 0 amide bonds. The van der Waals surface area contributed by atoms with Crippen LogP contribution in [0, 0.1) is 0 Å². The standard InChI is InChI=1S/C19H17F3N4O2S/c1-23-16(11-29-12-28-14-6-4-13(27-2)5-7-14)17-15(10-19(20,21)22)25-18-24-8-3-9-26(17)18/h3-9,11H,1,10,12H2,2H3/b16-11-. The Labute approximate surface area is 169 Å². The Bertz CT molecular complexity index is 1020. The molecule has 29 heavy (non-hydrogen) atoms. The van der Waals surface area contributed by atoms with Crippen molar-refractivity contribution in [3.8, 4) is 11.5 Å². The van der Waals surface area contributed by atoms with E-state index in [0.29, 0.717) is 11.5 Å². The van der Waals surface area contributed by atoms with Gasteiger partial charge < -0.3 is 9.47 Å². The number of methoxy groups -OCH3 is 1. The van der Waals surface area contributed by atoms with Crippen LogP contribution in [-0.4, -0.2) is 40.3 Å². The molecule has 6 nitrogen and oxygen atoms in total. The number of fused-ring (bicyclic) bond motifs is 1. The number of hydrogen-bond acceptors (Lipinski definition) is 6. The molecule has 0 radical (unpaired) electrons. The van der Waals surface area contributed by atoms with E-state index in [1.54, 1.807) is 49.0 Å². The maximum Gasteiger partial charge on any atom is 0.394 e. The molecule has 0 fully saturated rings. The monoisotopic (exact) mass is 422 g/mol. The van der Waals surface area contributed by atoms with Gasteiger partial charge in [0.25, 0.3) is 0 Å². The predicted octanol–water partition coefficient (Wildman–Crippen LogP) is 4.61. The molecule has 2 aromatic heterocycles. The van der Waals surface area contributed by atoms with E-state index >= 15 is 0 Å². The van der Waals surface area contributed by atoms with E-state index in [0.717, 1.165) is 0 Å². The van der Waals surface area contributed by atoms with Gasteiger partial charge in [-0.25, -0.2) is 9.97 Å². The first kappa shape index (κ1) is 20.7. The molecule has 152 valence electrons. The third-order valence-corrected chi connectivity index (χ3v) is 4.45. The van der Waals surface area contributed by atoms with Gasteiger partial charge in [-0.1, -0.05) is 11.8 Å². The number of imidazole rings is 1. The lowest BCUT2D eigenvalue weighted by atomic mass is 10.2. The van der Waals surface area contributed by atoms with E-state index in [4.69, 9.17) is 9.47 Å². The molecule has 2 heterocycles. The van der Waals surface area contributed by atoms with Crippen molar-refractivity contribution < 1.29 is 22.6 Å². The van der Waals surface area contributed by atoms with Gasteiger partial charge >= 0.3 is 6.18 Å². The molecule has 0 aliphatic rings. The van der Waals surface area contributed by atoms with Crippen molar-refractivity contribution in [2.24, 2.45) is 4.99 Å². The highest BCUT2D eigenvalue weighted by atomic mass is 32.2. The van der Waals surface area contributed by atoms with Gasteiger partial charge in [-0.2, -0.15) is 13.2 Å². The van der Waals surface area contributed by atoms with Gasteiger partial charge in [-0.15, -0.1) is 0 Å². The summed E-state index contributed by atoms with van der Waals surface area (Å²) in [6.07, 6.45) is -2.55. The molecular weight excluding hydrogens is 405 g/mol. The molecule has 0 unspecified atom stereocenters. The van der Waals surface area contributed by atoms with Crippen molar-refractivity contribution in [1.82, 2.24) is 14.4 Å². The Balaban J connectivity index is 1.80. The first-order valence-corrected chi connectivity index (χ1v) is 9.40. The first-order valence-electron chi connectivity index (χ1n) is 8.35. The van der Waals surface area contributed by atoms with Crippen molar-refractivity contribution in [3.05, 3.63) is 59.5 Å². The van der Waals surface area contributed by atoms with Crippen LogP contribution in [0.4, 0.5) is 13.2 Å². The lowest BCUT2D eigenvalue weighted by molar-refractivity contribution is -0.127. The number of benzene rings is 1. The zero-order chi connectivity index (χ0) is 20.9. The van der Waals surface area contributed by atoms with Crippen LogP contribution in [0.2, 0.25) is 0 Å². The number of rotatable bonds is 8. The van der Waals surface area contributed by atoms with Gasteiger partial charge in [-0.3, -0.25) is 9.39 Å². The molecule has 3 aromatic rings. The fourth-order valence-electron chi connectivity index (χ4n) is 2.57.